The highest BCUT2D eigenvalue weighted by molar-refractivity contribution is 7.13. The van der Waals surface area contributed by atoms with Gasteiger partial charge in [-0.2, -0.15) is 0 Å². The maximum atomic E-state index is 5.58. The molecule has 1 aromatic rings. The van der Waals surface area contributed by atoms with Crippen LogP contribution in [0, 0.1) is 0 Å². The summed E-state index contributed by atoms with van der Waals surface area (Å²) < 4.78 is 0. The maximum Gasteiger partial charge on any atom is 0.180 e. The molecule has 0 spiro atoms. The van der Waals surface area contributed by atoms with Crippen molar-refractivity contribution in [1.29, 1.82) is 0 Å². The molecule has 0 saturated heterocycles. The summed E-state index contributed by atoms with van der Waals surface area (Å²) in [7, 11) is 0. The first kappa shape index (κ1) is 9.93. The number of aromatic nitrogens is 1. The number of rotatable bonds is 5. The Balaban J connectivity index is 1.80. The monoisotopic (exact) mass is 211 g/mol. The number of nitrogens with zero attached hydrogens (tertiary/aromatic N) is 2. The molecule has 1 aromatic heterocycles. The second-order valence-electron chi connectivity index (χ2n) is 3.79. The van der Waals surface area contributed by atoms with E-state index in [-0.39, 0.29) is 0 Å². The van der Waals surface area contributed by atoms with Gasteiger partial charge in [-0.3, -0.25) is 0 Å². The van der Waals surface area contributed by atoms with Gasteiger partial charge >= 0.3 is 0 Å². The standard InChI is InChI=1S/C10H17N3S/c1-2-13(9-3-4-9)6-5-8-7-14-10(11)12-8/h7,9H,2-6H2,1H3,(H2,11,12). The molecule has 14 heavy (non-hydrogen) atoms. The predicted octanol–water partition coefficient (Wildman–Crippen LogP) is 1.75. The minimum Gasteiger partial charge on any atom is -0.375 e. The molecule has 0 bridgehead atoms. The van der Waals surface area contributed by atoms with Crippen LogP contribution in [-0.4, -0.2) is 29.0 Å². The van der Waals surface area contributed by atoms with Crippen molar-refractivity contribution >= 4 is 16.5 Å². The van der Waals surface area contributed by atoms with E-state index in [0.717, 1.165) is 31.2 Å². The summed E-state index contributed by atoms with van der Waals surface area (Å²) in [6, 6.07) is 0.857. The third-order valence-corrected chi connectivity index (χ3v) is 3.42. The lowest BCUT2D eigenvalue weighted by Gasteiger charge is -2.18. The number of likely N-dealkylation sites (N-methyl/N-ethyl adjacent to an activating group) is 1. The Bertz CT molecular complexity index is 293. The highest BCUT2D eigenvalue weighted by Gasteiger charge is 2.27. The molecule has 0 amide bonds. The van der Waals surface area contributed by atoms with E-state index in [1.54, 1.807) is 0 Å². The maximum absolute atomic E-state index is 5.58. The molecule has 0 radical (unpaired) electrons. The van der Waals surface area contributed by atoms with Crippen molar-refractivity contribution in [2.75, 3.05) is 18.8 Å². The van der Waals surface area contributed by atoms with E-state index in [4.69, 9.17) is 5.73 Å². The molecular formula is C10H17N3S. The summed E-state index contributed by atoms with van der Waals surface area (Å²) in [4.78, 5) is 6.80. The lowest BCUT2D eigenvalue weighted by Crippen LogP contribution is -2.28. The van der Waals surface area contributed by atoms with Crippen LogP contribution in [0.4, 0.5) is 5.13 Å². The van der Waals surface area contributed by atoms with Crippen LogP contribution in [0.3, 0.4) is 0 Å². The lowest BCUT2D eigenvalue weighted by atomic mass is 10.3. The van der Waals surface area contributed by atoms with Crippen LogP contribution in [0.25, 0.3) is 0 Å². The van der Waals surface area contributed by atoms with E-state index in [1.807, 2.05) is 0 Å². The molecule has 1 heterocycles. The van der Waals surface area contributed by atoms with Gasteiger partial charge in [-0.1, -0.05) is 6.92 Å². The fraction of sp³-hybridized carbons (Fsp3) is 0.700. The number of nitrogen functional groups attached to an aromatic ring is 1. The van der Waals surface area contributed by atoms with Crippen LogP contribution >= 0.6 is 11.3 Å². The number of anilines is 1. The second kappa shape index (κ2) is 4.28. The van der Waals surface area contributed by atoms with Gasteiger partial charge in [-0.15, -0.1) is 11.3 Å². The van der Waals surface area contributed by atoms with Crippen molar-refractivity contribution in [3.05, 3.63) is 11.1 Å². The average Bonchev–Trinajstić information content (AvgIpc) is 2.92. The fourth-order valence-corrected chi connectivity index (χ4v) is 2.33. The first-order chi connectivity index (χ1) is 6.79. The van der Waals surface area contributed by atoms with Crippen LogP contribution in [-0.2, 0) is 6.42 Å². The van der Waals surface area contributed by atoms with Crippen LogP contribution in [0.5, 0.6) is 0 Å². The predicted molar refractivity (Wildman–Crippen MR) is 60.5 cm³/mol. The summed E-state index contributed by atoms with van der Waals surface area (Å²) in [5, 5.41) is 2.75. The van der Waals surface area contributed by atoms with Crippen molar-refractivity contribution in [3.8, 4) is 0 Å². The summed E-state index contributed by atoms with van der Waals surface area (Å²) in [5.74, 6) is 0. The van der Waals surface area contributed by atoms with Crippen LogP contribution in [0.2, 0.25) is 0 Å². The molecule has 1 aliphatic carbocycles. The average molecular weight is 211 g/mol. The Morgan fingerprint density at radius 1 is 1.64 bits per heavy atom. The Morgan fingerprint density at radius 2 is 2.43 bits per heavy atom. The minimum atomic E-state index is 0.689. The zero-order valence-corrected chi connectivity index (χ0v) is 9.39. The molecule has 78 valence electrons. The Labute approximate surface area is 88.9 Å². The van der Waals surface area contributed by atoms with Gasteiger partial charge in [0.25, 0.3) is 0 Å². The van der Waals surface area contributed by atoms with Crippen molar-refractivity contribution in [2.45, 2.75) is 32.2 Å². The molecule has 0 aliphatic heterocycles. The van der Waals surface area contributed by atoms with E-state index in [9.17, 15) is 0 Å². The van der Waals surface area contributed by atoms with Gasteiger partial charge in [0.05, 0.1) is 5.69 Å². The van der Waals surface area contributed by atoms with E-state index in [2.05, 4.69) is 22.2 Å². The smallest absolute Gasteiger partial charge is 0.180 e. The number of nitrogens with two attached hydrogens (primary N) is 1. The third-order valence-electron chi connectivity index (χ3n) is 2.69. The Kier molecular flexibility index (Phi) is 3.03. The largest absolute Gasteiger partial charge is 0.375 e. The molecule has 3 nitrogen and oxygen atoms in total. The van der Waals surface area contributed by atoms with Gasteiger partial charge in [0.1, 0.15) is 0 Å². The quantitative estimate of drug-likeness (QED) is 0.807. The van der Waals surface area contributed by atoms with E-state index < -0.39 is 0 Å². The first-order valence-electron chi connectivity index (χ1n) is 5.23. The first-order valence-corrected chi connectivity index (χ1v) is 6.11. The summed E-state index contributed by atoms with van der Waals surface area (Å²) in [5.41, 5.74) is 6.73. The molecule has 4 heteroatoms. The van der Waals surface area contributed by atoms with E-state index in [1.165, 1.54) is 24.2 Å². The molecule has 1 saturated carbocycles. The minimum absolute atomic E-state index is 0.689. The van der Waals surface area contributed by atoms with E-state index >= 15 is 0 Å². The van der Waals surface area contributed by atoms with Crippen LogP contribution < -0.4 is 5.73 Å². The molecule has 0 aromatic carbocycles. The molecule has 2 N–H and O–H groups in total. The van der Waals surface area contributed by atoms with E-state index in [0.29, 0.717) is 5.13 Å². The van der Waals surface area contributed by atoms with Gasteiger partial charge in [0, 0.05) is 24.4 Å². The zero-order chi connectivity index (χ0) is 9.97. The highest BCUT2D eigenvalue weighted by Crippen LogP contribution is 2.26. The Hall–Kier alpha value is -0.610. The van der Waals surface area contributed by atoms with Crippen molar-refractivity contribution < 1.29 is 0 Å². The lowest BCUT2D eigenvalue weighted by molar-refractivity contribution is 0.281. The highest BCUT2D eigenvalue weighted by atomic mass is 32.1. The molecule has 0 unspecified atom stereocenters. The topological polar surface area (TPSA) is 42.1 Å². The summed E-state index contributed by atoms with van der Waals surface area (Å²) in [6.45, 7) is 4.52. The molecule has 0 atom stereocenters. The van der Waals surface area contributed by atoms with Crippen LogP contribution in [0.1, 0.15) is 25.5 Å². The van der Waals surface area contributed by atoms with Crippen molar-refractivity contribution in [1.82, 2.24) is 9.88 Å². The zero-order valence-electron chi connectivity index (χ0n) is 8.57. The van der Waals surface area contributed by atoms with Gasteiger partial charge in [-0.25, -0.2) is 4.98 Å². The summed E-state index contributed by atoms with van der Waals surface area (Å²) >= 11 is 1.54. The third kappa shape index (κ3) is 2.45. The molecular weight excluding hydrogens is 194 g/mol. The van der Waals surface area contributed by atoms with Gasteiger partial charge in [-0.05, 0) is 19.4 Å². The second-order valence-corrected chi connectivity index (χ2v) is 4.68. The number of hydrogen-bond donors (Lipinski definition) is 1. The molecule has 2 rings (SSSR count). The van der Waals surface area contributed by atoms with Crippen molar-refractivity contribution in [2.24, 2.45) is 0 Å². The number of thiazole rings is 1. The normalized spacial score (nSPS) is 16.4. The SMILES string of the molecule is CCN(CCc1csc(N)n1)C1CC1. The van der Waals surface area contributed by atoms with Gasteiger partial charge in [0.2, 0.25) is 0 Å². The van der Waals surface area contributed by atoms with Gasteiger partial charge in [0.15, 0.2) is 5.13 Å². The summed E-state index contributed by atoms with van der Waals surface area (Å²) in [6.07, 6.45) is 3.80. The molecule has 1 aliphatic rings. The van der Waals surface area contributed by atoms with Gasteiger partial charge < -0.3 is 10.6 Å². The number of hydrogen-bond acceptors (Lipinski definition) is 4. The Morgan fingerprint density at radius 3 is 2.93 bits per heavy atom. The van der Waals surface area contributed by atoms with Crippen molar-refractivity contribution in [3.63, 3.8) is 0 Å². The fourth-order valence-electron chi connectivity index (χ4n) is 1.73. The van der Waals surface area contributed by atoms with Crippen LogP contribution in [0.15, 0.2) is 5.38 Å². The molecule has 1 fully saturated rings.